The first-order valence-electron chi connectivity index (χ1n) is 11.2. The first-order chi connectivity index (χ1) is 16.7. The third kappa shape index (κ3) is 3.94. The molecule has 6 rings (SSSR count). The quantitative estimate of drug-likeness (QED) is 0.467. The van der Waals surface area contributed by atoms with Crippen LogP contribution in [0.25, 0.3) is 22.6 Å². The van der Waals surface area contributed by atoms with E-state index in [1.165, 1.54) is 12.1 Å². The van der Waals surface area contributed by atoms with E-state index in [1.54, 1.807) is 36.5 Å². The van der Waals surface area contributed by atoms with Crippen molar-refractivity contribution in [3.05, 3.63) is 66.9 Å². The standard InChI is InChI=1S/C25H22FN5O3/c26-17-3-1-16(2-4-17)23-24(31(14-29-23)18-7-10-27-11-8-18)20-9-12-28-25(30-20)34-19-5-6-21-22(13-19)33-15-32-21/h1-6,9,12-14,18,27H,7-8,10-11,15H2. The molecule has 0 aliphatic carbocycles. The number of imidazole rings is 1. The van der Waals surface area contributed by atoms with E-state index in [2.05, 4.69) is 14.9 Å². The van der Waals surface area contributed by atoms with Gasteiger partial charge in [0.25, 0.3) is 0 Å². The summed E-state index contributed by atoms with van der Waals surface area (Å²) in [5, 5.41) is 3.40. The number of hydrogen-bond acceptors (Lipinski definition) is 7. The smallest absolute Gasteiger partial charge is 0.322 e. The number of aromatic nitrogens is 4. The topological polar surface area (TPSA) is 83.3 Å². The van der Waals surface area contributed by atoms with Crippen LogP contribution in [0.4, 0.5) is 4.39 Å². The maximum Gasteiger partial charge on any atom is 0.322 e. The first kappa shape index (κ1) is 20.6. The Morgan fingerprint density at radius 2 is 1.79 bits per heavy atom. The van der Waals surface area contributed by atoms with Gasteiger partial charge in [-0.15, -0.1) is 0 Å². The van der Waals surface area contributed by atoms with E-state index in [-0.39, 0.29) is 24.7 Å². The Hall–Kier alpha value is -3.98. The monoisotopic (exact) mass is 459 g/mol. The van der Waals surface area contributed by atoms with E-state index in [9.17, 15) is 4.39 Å². The normalized spacial score (nSPS) is 15.4. The number of fused-ring (bicyclic) bond motifs is 1. The molecule has 1 saturated heterocycles. The van der Waals surface area contributed by atoms with E-state index in [0.717, 1.165) is 42.9 Å². The number of ether oxygens (including phenoxy) is 3. The van der Waals surface area contributed by atoms with Crippen LogP contribution in [0.1, 0.15) is 18.9 Å². The zero-order valence-electron chi connectivity index (χ0n) is 18.3. The van der Waals surface area contributed by atoms with Crippen molar-refractivity contribution in [3.63, 3.8) is 0 Å². The molecule has 1 N–H and O–H groups in total. The minimum atomic E-state index is -0.287. The van der Waals surface area contributed by atoms with Gasteiger partial charge >= 0.3 is 6.01 Å². The molecule has 4 aromatic rings. The van der Waals surface area contributed by atoms with Crippen LogP contribution in [0, 0.1) is 5.82 Å². The second-order valence-corrected chi connectivity index (χ2v) is 8.18. The Balaban J connectivity index is 1.39. The summed E-state index contributed by atoms with van der Waals surface area (Å²) in [6, 6.07) is 14.0. The molecule has 8 nitrogen and oxygen atoms in total. The molecule has 2 aliphatic heterocycles. The molecular weight excluding hydrogens is 437 g/mol. The molecule has 2 aromatic carbocycles. The number of rotatable bonds is 5. The predicted molar refractivity (Wildman–Crippen MR) is 122 cm³/mol. The van der Waals surface area contributed by atoms with Gasteiger partial charge in [-0.3, -0.25) is 0 Å². The highest BCUT2D eigenvalue weighted by Gasteiger charge is 2.24. The van der Waals surface area contributed by atoms with Crippen LogP contribution in [0.2, 0.25) is 0 Å². The molecule has 0 saturated carbocycles. The molecule has 0 amide bonds. The van der Waals surface area contributed by atoms with Crippen LogP contribution in [0.15, 0.2) is 61.1 Å². The molecule has 9 heteroatoms. The highest BCUT2D eigenvalue weighted by Crippen LogP contribution is 2.37. The molecule has 4 heterocycles. The number of benzene rings is 2. The van der Waals surface area contributed by atoms with Gasteiger partial charge in [-0.05, 0) is 68.4 Å². The lowest BCUT2D eigenvalue weighted by Gasteiger charge is -2.25. The van der Waals surface area contributed by atoms with Crippen LogP contribution < -0.4 is 19.5 Å². The molecule has 0 bridgehead atoms. The predicted octanol–water partition coefficient (Wildman–Crippen LogP) is 4.59. The summed E-state index contributed by atoms with van der Waals surface area (Å²) in [7, 11) is 0. The van der Waals surface area contributed by atoms with Gasteiger partial charge in [0, 0.05) is 23.9 Å². The lowest BCUT2D eigenvalue weighted by Crippen LogP contribution is -2.29. The molecule has 172 valence electrons. The summed E-state index contributed by atoms with van der Waals surface area (Å²) >= 11 is 0. The molecule has 0 radical (unpaired) electrons. The molecule has 0 unspecified atom stereocenters. The summed E-state index contributed by atoms with van der Waals surface area (Å²) in [6.45, 7) is 2.07. The average Bonchev–Trinajstić information content (AvgIpc) is 3.52. The van der Waals surface area contributed by atoms with Gasteiger partial charge in [0.1, 0.15) is 11.6 Å². The van der Waals surface area contributed by atoms with Crippen LogP contribution in [-0.4, -0.2) is 39.4 Å². The number of halogens is 1. The molecule has 2 aromatic heterocycles. The van der Waals surface area contributed by atoms with Crippen LogP contribution >= 0.6 is 0 Å². The van der Waals surface area contributed by atoms with Gasteiger partial charge in [0.05, 0.1) is 23.4 Å². The maximum absolute atomic E-state index is 13.6. The summed E-state index contributed by atoms with van der Waals surface area (Å²) in [5.74, 6) is 1.56. The van der Waals surface area contributed by atoms with Gasteiger partial charge in [-0.1, -0.05) is 0 Å². The highest BCUT2D eigenvalue weighted by atomic mass is 19.1. The lowest BCUT2D eigenvalue weighted by molar-refractivity contribution is 0.174. The summed E-state index contributed by atoms with van der Waals surface area (Å²) in [6.07, 6.45) is 5.49. The molecule has 2 aliphatic rings. The Labute approximate surface area is 195 Å². The number of hydrogen-bond donors (Lipinski definition) is 1. The number of nitrogens with zero attached hydrogens (tertiary/aromatic N) is 4. The maximum atomic E-state index is 13.6. The highest BCUT2D eigenvalue weighted by molar-refractivity contribution is 5.77. The third-order valence-electron chi connectivity index (χ3n) is 6.04. The van der Waals surface area contributed by atoms with Crippen molar-refractivity contribution in [1.29, 1.82) is 0 Å². The fourth-order valence-corrected chi connectivity index (χ4v) is 4.36. The van der Waals surface area contributed by atoms with Crippen molar-refractivity contribution in [1.82, 2.24) is 24.8 Å². The zero-order valence-corrected chi connectivity index (χ0v) is 18.3. The summed E-state index contributed by atoms with van der Waals surface area (Å²) < 4.78 is 32.5. The lowest BCUT2D eigenvalue weighted by atomic mass is 10.0. The minimum absolute atomic E-state index is 0.192. The second kappa shape index (κ2) is 8.75. The van der Waals surface area contributed by atoms with Crippen molar-refractivity contribution in [2.75, 3.05) is 19.9 Å². The molecule has 34 heavy (non-hydrogen) atoms. The van der Waals surface area contributed by atoms with E-state index in [4.69, 9.17) is 24.2 Å². The van der Waals surface area contributed by atoms with E-state index >= 15 is 0 Å². The summed E-state index contributed by atoms with van der Waals surface area (Å²) in [5.41, 5.74) is 3.10. The second-order valence-electron chi connectivity index (χ2n) is 8.18. The molecule has 0 atom stereocenters. The fraction of sp³-hybridized carbons (Fsp3) is 0.240. The van der Waals surface area contributed by atoms with Gasteiger partial charge in [0.2, 0.25) is 6.79 Å². The average molecular weight is 459 g/mol. The van der Waals surface area contributed by atoms with Crippen molar-refractivity contribution < 1.29 is 18.6 Å². The van der Waals surface area contributed by atoms with Crippen molar-refractivity contribution in [2.24, 2.45) is 0 Å². The van der Waals surface area contributed by atoms with E-state index in [0.29, 0.717) is 22.9 Å². The van der Waals surface area contributed by atoms with Crippen molar-refractivity contribution in [2.45, 2.75) is 18.9 Å². The fourth-order valence-electron chi connectivity index (χ4n) is 4.36. The molecule has 1 fully saturated rings. The van der Waals surface area contributed by atoms with Gasteiger partial charge in [-0.2, -0.15) is 4.98 Å². The largest absolute Gasteiger partial charge is 0.454 e. The molecular formula is C25H22FN5O3. The Kier molecular flexibility index (Phi) is 5.31. The SMILES string of the molecule is Fc1ccc(-c2ncn(C3CCNCC3)c2-c2ccnc(Oc3ccc4c(c3)OCO4)n2)cc1. The van der Waals surface area contributed by atoms with Crippen molar-refractivity contribution in [3.8, 4) is 45.9 Å². The summed E-state index contributed by atoms with van der Waals surface area (Å²) in [4.78, 5) is 13.7. The van der Waals surface area contributed by atoms with Crippen LogP contribution in [0.3, 0.4) is 0 Å². The molecule has 0 spiro atoms. The van der Waals surface area contributed by atoms with Crippen LogP contribution in [0.5, 0.6) is 23.3 Å². The Bertz CT molecular complexity index is 1320. The third-order valence-corrected chi connectivity index (χ3v) is 6.04. The Morgan fingerprint density at radius 1 is 0.971 bits per heavy atom. The zero-order chi connectivity index (χ0) is 22.9. The van der Waals surface area contributed by atoms with Gasteiger partial charge in [0.15, 0.2) is 11.5 Å². The van der Waals surface area contributed by atoms with Gasteiger partial charge in [-0.25, -0.2) is 14.4 Å². The van der Waals surface area contributed by atoms with E-state index < -0.39 is 0 Å². The van der Waals surface area contributed by atoms with Crippen LogP contribution in [-0.2, 0) is 0 Å². The van der Waals surface area contributed by atoms with Crippen molar-refractivity contribution >= 4 is 0 Å². The number of nitrogens with one attached hydrogen (secondary N) is 1. The minimum Gasteiger partial charge on any atom is -0.454 e. The van der Waals surface area contributed by atoms with Gasteiger partial charge < -0.3 is 24.1 Å². The van der Waals surface area contributed by atoms with E-state index in [1.807, 2.05) is 12.4 Å². The first-order valence-corrected chi connectivity index (χ1v) is 11.2. The number of piperidine rings is 1. The Morgan fingerprint density at radius 3 is 2.65 bits per heavy atom.